The van der Waals surface area contributed by atoms with Gasteiger partial charge in [0.2, 0.25) is 15.9 Å². The third-order valence-corrected chi connectivity index (χ3v) is 5.87. The van der Waals surface area contributed by atoms with Gasteiger partial charge in [0.05, 0.1) is 4.90 Å². The molecule has 7 heteroatoms. The molecule has 6 nitrogen and oxygen atoms in total. The zero-order valence-corrected chi connectivity index (χ0v) is 15.3. The number of hydrogen-bond acceptors (Lipinski definition) is 4. The van der Waals surface area contributed by atoms with E-state index in [1.54, 1.807) is 35.2 Å². The Hall–Kier alpha value is -1.44. The lowest BCUT2D eigenvalue weighted by Crippen LogP contribution is -2.47. The van der Waals surface area contributed by atoms with E-state index < -0.39 is 10.0 Å². The van der Waals surface area contributed by atoms with Crippen LogP contribution in [0.2, 0.25) is 0 Å². The molecule has 0 unspecified atom stereocenters. The molecule has 1 N–H and O–H groups in total. The highest BCUT2D eigenvalue weighted by atomic mass is 32.2. The lowest BCUT2D eigenvalue weighted by atomic mass is 10.2. The molecule has 0 radical (unpaired) electrons. The average molecular weight is 353 g/mol. The van der Waals surface area contributed by atoms with E-state index in [0.29, 0.717) is 19.6 Å². The molecule has 0 bridgehead atoms. The van der Waals surface area contributed by atoms with Crippen LogP contribution in [0, 0.1) is 5.92 Å². The minimum atomic E-state index is -3.57. The van der Waals surface area contributed by atoms with Gasteiger partial charge in [0.1, 0.15) is 0 Å². The summed E-state index contributed by atoms with van der Waals surface area (Å²) in [6.07, 6.45) is 0.221. The fourth-order valence-electron chi connectivity index (χ4n) is 2.75. The molecule has 0 aliphatic carbocycles. The van der Waals surface area contributed by atoms with Gasteiger partial charge >= 0.3 is 0 Å². The van der Waals surface area contributed by atoms with Crippen LogP contribution >= 0.6 is 0 Å². The number of nitrogens with one attached hydrogen (secondary N) is 1. The molecule has 1 fully saturated rings. The Kier molecular flexibility index (Phi) is 6.77. The minimum Gasteiger partial charge on any atom is -0.340 e. The number of carbonyl (C=O) groups is 1. The van der Waals surface area contributed by atoms with Crippen molar-refractivity contribution in [1.29, 1.82) is 0 Å². The molecule has 1 aliphatic rings. The second-order valence-corrected chi connectivity index (χ2v) is 8.39. The van der Waals surface area contributed by atoms with Gasteiger partial charge in [0.25, 0.3) is 0 Å². The summed E-state index contributed by atoms with van der Waals surface area (Å²) in [7, 11) is -3.57. The first-order valence-electron chi connectivity index (χ1n) is 8.45. The van der Waals surface area contributed by atoms with Crippen molar-refractivity contribution in [3.8, 4) is 0 Å². The van der Waals surface area contributed by atoms with Crippen LogP contribution in [0.25, 0.3) is 0 Å². The van der Waals surface area contributed by atoms with Gasteiger partial charge in [-0.25, -0.2) is 8.42 Å². The fraction of sp³-hybridized carbons (Fsp3) is 0.588. The monoisotopic (exact) mass is 353 g/mol. The van der Waals surface area contributed by atoms with E-state index in [9.17, 15) is 13.2 Å². The number of benzene rings is 1. The summed E-state index contributed by atoms with van der Waals surface area (Å²) in [6.45, 7) is 7.55. The van der Waals surface area contributed by atoms with Gasteiger partial charge < -0.3 is 10.2 Å². The zero-order valence-electron chi connectivity index (χ0n) is 14.4. The first-order chi connectivity index (χ1) is 11.4. The summed E-state index contributed by atoms with van der Waals surface area (Å²) in [5, 5.41) is 3.21. The first kappa shape index (κ1) is 18.9. The summed E-state index contributed by atoms with van der Waals surface area (Å²) in [4.78, 5) is 14.4. The molecule has 134 valence electrons. The lowest BCUT2D eigenvalue weighted by molar-refractivity contribution is -0.131. The van der Waals surface area contributed by atoms with Crippen molar-refractivity contribution in [1.82, 2.24) is 14.5 Å². The zero-order chi connectivity index (χ0) is 17.6. The average Bonchev–Trinajstić information content (AvgIpc) is 2.59. The molecule has 0 saturated carbocycles. The third-order valence-electron chi connectivity index (χ3n) is 3.99. The number of amides is 1. The standard InChI is InChI=1S/C17H27N3O3S/c1-15(2)14-20(24(22,23)16-6-4-3-5-7-16)11-8-17(21)19-12-9-18-10-13-19/h3-7,15,18H,8-14H2,1-2H3. The summed E-state index contributed by atoms with van der Waals surface area (Å²) in [6, 6.07) is 8.42. The van der Waals surface area contributed by atoms with Gasteiger partial charge in [-0.1, -0.05) is 32.0 Å². The van der Waals surface area contributed by atoms with Crippen LogP contribution in [0.5, 0.6) is 0 Å². The smallest absolute Gasteiger partial charge is 0.243 e. The van der Waals surface area contributed by atoms with Crippen LogP contribution in [-0.2, 0) is 14.8 Å². The van der Waals surface area contributed by atoms with E-state index in [-0.39, 0.29) is 29.7 Å². The Balaban J connectivity index is 2.06. The predicted molar refractivity (Wildman–Crippen MR) is 94.1 cm³/mol. The summed E-state index contributed by atoms with van der Waals surface area (Å²) in [5.41, 5.74) is 0. The summed E-state index contributed by atoms with van der Waals surface area (Å²) < 4.78 is 27.1. The quantitative estimate of drug-likeness (QED) is 0.798. The van der Waals surface area contributed by atoms with Crippen LogP contribution in [0.15, 0.2) is 35.2 Å². The van der Waals surface area contributed by atoms with Crippen LogP contribution in [0.1, 0.15) is 20.3 Å². The van der Waals surface area contributed by atoms with Gasteiger partial charge in [-0.05, 0) is 18.1 Å². The van der Waals surface area contributed by atoms with Crippen LogP contribution < -0.4 is 5.32 Å². The molecular weight excluding hydrogens is 326 g/mol. The van der Waals surface area contributed by atoms with Gasteiger partial charge in [-0.15, -0.1) is 0 Å². The van der Waals surface area contributed by atoms with Crippen molar-refractivity contribution < 1.29 is 13.2 Å². The molecule has 1 aromatic carbocycles. The van der Waals surface area contributed by atoms with E-state index in [4.69, 9.17) is 0 Å². The minimum absolute atomic E-state index is 0.0218. The Labute approximate surface area is 144 Å². The van der Waals surface area contributed by atoms with E-state index in [1.807, 2.05) is 13.8 Å². The molecular formula is C17H27N3O3S. The molecule has 2 rings (SSSR count). The normalized spacial score (nSPS) is 15.9. The number of piperazine rings is 1. The molecule has 0 atom stereocenters. The van der Waals surface area contributed by atoms with Gasteiger partial charge in [-0.3, -0.25) is 4.79 Å². The number of hydrogen-bond donors (Lipinski definition) is 1. The van der Waals surface area contributed by atoms with Crippen molar-refractivity contribution in [2.45, 2.75) is 25.2 Å². The fourth-order valence-corrected chi connectivity index (χ4v) is 4.38. The Bertz CT molecular complexity index is 626. The van der Waals surface area contributed by atoms with Crippen molar-refractivity contribution in [3.05, 3.63) is 30.3 Å². The Morgan fingerprint density at radius 1 is 1.21 bits per heavy atom. The van der Waals surface area contributed by atoms with E-state index in [1.165, 1.54) is 4.31 Å². The highest BCUT2D eigenvalue weighted by Gasteiger charge is 2.26. The van der Waals surface area contributed by atoms with Crippen molar-refractivity contribution in [3.63, 3.8) is 0 Å². The van der Waals surface area contributed by atoms with Gasteiger partial charge in [0, 0.05) is 45.7 Å². The SMILES string of the molecule is CC(C)CN(CCC(=O)N1CCNCC1)S(=O)(=O)c1ccccc1. The Morgan fingerprint density at radius 2 is 1.83 bits per heavy atom. The number of rotatable bonds is 7. The predicted octanol–water partition coefficient (Wildman–Crippen LogP) is 1.16. The van der Waals surface area contributed by atoms with Crippen molar-refractivity contribution in [2.24, 2.45) is 5.92 Å². The number of nitrogens with zero attached hydrogens (tertiary/aromatic N) is 2. The second kappa shape index (κ2) is 8.60. The topological polar surface area (TPSA) is 69.7 Å². The highest BCUT2D eigenvalue weighted by molar-refractivity contribution is 7.89. The van der Waals surface area contributed by atoms with Crippen LogP contribution in [0.4, 0.5) is 0 Å². The first-order valence-corrected chi connectivity index (χ1v) is 9.89. The van der Waals surface area contributed by atoms with Crippen LogP contribution in [0.3, 0.4) is 0 Å². The largest absolute Gasteiger partial charge is 0.340 e. The second-order valence-electron chi connectivity index (χ2n) is 6.45. The molecule has 1 aliphatic heterocycles. The van der Waals surface area contributed by atoms with Crippen LogP contribution in [-0.4, -0.2) is 62.8 Å². The summed E-state index contributed by atoms with van der Waals surface area (Å²) in [5.74, 6) is 0.214. The maximum Gasteiger partial charge on any atom is 0.243 e. The van der Waals surface area contributed by atoms with Gasteiger partial charge in [0.15, 0.2) is 0 Å². The molecule has 1 amide bonds. The van der Waals surface area contributed by atoms with Crippen molar-refractivity contribution >= 4 is 15.9 Å². The highest BCUT2D eigenvalue weighted by Crippen LogP contribution is 2.17. The molecule has 0 aromatic heterocycles. The van der Waals surface area contributed by atoms with E-state index >= 15 is 0 Å². The van der Waals surface area contributed by atoms with E-state index in [0.717, 1.165) is 13.1 Å². The molecule has 1 aromatic rings. The Morgan fingerprint density at radius 3 is 2.42 bits per heavy atom. The molecule has 1 saturated heterocycles. The molecule has 0 spiro atoms. The maximum atomic E-state index is 12.8. The molecule has 24 heavy (non-hydrogen) atoms. The molecule has 1 heterocycles. The summed E-state index contributed by atoms with van der Waals surface area (Å²) >= 11 is 0. The van der Waals surface area contributed by atoms with E-state index in [2.05, 4.69) is 5.32 Å². The van der Waals surface area contributed by atoms with Gasteiger partial charge in [-0.2, -0.15) is 4.31 Å². The lowest BCUT2D eigenvalue weighted by Gasteiger charge is -2.29. The number of carbonyl (C=O) groups excluding carboxylic acids is 1. The number of sulfonamides is 1. The van der Waals surface area contributed by atoms with Crippen molar-refractivity contribution in [2.75, 3.05) is 39.3 Å². The maximum absolute atomic E-state index is 12.8. The third kappa shape index (κ3) is 5.03.